The highest BCUT2D eigenvalue weighted by Gasteiger charge is 2.30. The first-order valence-electron chi connectivity index (χ1n) is 7.03. The maximum Gasteiger partial charge on any atom is 0.228 e. The number of carbonyl (C=O) groups is 1. The van der Waals surface area contributed by atoms with Gasteiger partial charge in [-0.15, -0.1) is 0 Å². The average molecular weight is 259 g/mol. The number of benzene rings is 1. The van der Waals surface area contributed by atoms with Crippen LogP contribution in [-0.4, -0.2) is 11.9 Å². The summed E-state index contributed by atoms with van der Waals surface area (Å²) in [5.74, 6) is 1.46. The number of amides is 1. The number of anilines is 3. The van der Waals surface area contributed by atoms with Crippen molar-refractivity contribution in [1.82, 2.24) is 0 Å². The highest BCUT2D eigenvalue weighted by atomic mass is 16.1. The van der Waals surface area contributed by atoms with Crippen LogP contribution in [0.15, 0.2) is 12.1 Å². The highest BCUT2D eigenvalue weighted by molar-refractivity contribution is 6.00. The van der Waals surface area contributed by atoms with Gasteiger partial charge in [0.05, 0.1) is 17.8 Å². The zero-order valence-corrected chi connectivity index (χ0v) is 11.5. The van der Waals surface area contributed by atoms with Gasteiger partial charge in [-0.3, -0.25) is 4.79 Å². The third kappa shape index (κ3) is 2.15. The Morgan fingerprint density at radius 3 is 2.79 bits per heavy atom. The van der Waals surface area contributed by atoms with E-state index < -0.39 is 0 Å². The smallest absolute Gasteiger partial charge is 0.228 e. The van der Waals surface area contributed by atoms with Gasteiger partial charge < -0.3 is 16.4 Å². The van der Waals surface area contributed by atoms with E-state index in [0.717, 1.165) is 28.5 Å². The van der Waals surface area contributed by atoms with Crippen LogP contribution < -0.4 is 16.4 Å². The summed E-state index contributed by atoms with van der Waals surface area (Å²) >= 11 is 0. The fraction of sp³-hybridized carbons (Fsp3) is 0.533. The van der Waals surface area contributed by atoms with Crippen molar-refractivity contribution < 1.29 is 4.79 Å². The second-order valence-corrected chi connectivity index (χ2v) is 5.99. The van der Waals surface area contributed by atoms with Gasteiger partial charge in [0.1, 0.15) is 0 Å². The predicted molar refractivity (Wildman–Crippen MR) is 78.2 cm³/mol. The van der Waals surface area contributed by atoms with E-state index >= 15 is 0 Å². The van der Waals surface area contributed by atoms with E-state index in [2.05, 4.69) is 24.5 Å². The Morgan fingerprint density at radius 1 is 1.32 bits per heavy atom. The van der Waals surface area contributed by atoms with Crippen LogP contribution in [0.4, 0.5) is 17.1 Å². The van der Waals surface area contributed by atoms with Crippen molar-refractivity contribution >= 4 is 23.0 Å². The molecule has 0 aromatic heterocycles. The molecule has 3 unspecified atom stereocenters. The van der Waals surface area contributed by atoms with E-state index in [-0.39, 0.29) is 5.91 Å². The van der Waals surface area contributed by atoms with Gasteiger partial charge in [-0.1, -0.05) is 13.8 Å². The number of rotatable bonds is 2. The Hall–Kier alpha value is -1.71. The summed E-state index contributed by atoms with van der Waals surface area (Å²) in [5.41, 5.74) is 9.69. The van der Waals surface area contributed by atoms with Crippen molar-refractivity contribution in [2.75, 3.05) is 16.4 Å². The maximum absolute atomic E-state index is 11.4. The molecular formula is C15H21N3O. The van der Waals surface area contributed by atoms with Crippen LogP contribution in [0, 0.1) is 11.8 Å². The Balaban J connectivity index is 1.82. The Labute approximate surface area is 113 Å². The minimum atomic E-state index is 0.0504. The lowest BCUT2D eigenvalue weighted by molar-refractivity contribution is -0.115. The molecule has 1 saturated carbocycles. The third-order valence-electron chi connectivity index (χ3n) is 4.71. The molecule has 0 radical (unpaired) electrons. The van der Waals surface area contributed by atoms with Gasteiger partial charge in [-0.2, -0.15) is 0 Å². The van der Waals surface area contributed by atoms with Crippen molar-refractivity contribution in [3.63, 3.8) is 0 Å². The number of nitrogens with one attached hydrogen (secondary N) is 2. The summed E-state index contributed by atoms with van der Waals surface area (Å²) in [6.45, 7) is 4.60. The molecule has 4 nitrogen and oxygen atoms in total. The molecule has 4 N–H and O–H groups in total. The quantitative estimate of drug-likeness (QED) is 0.715. The molecule has 1 fully saturated rings. The summed E-state index contributed by atoms with van der Waals surface area (Å²) in [5, 5.41) is 6.43. The lowest BCUT2D eigenvalue weighted by Gasteiger charge is -2.22. The van der Waals surface area contributed by atoms with Crippen molar-refractivity contribution in [2.45, 2.75) is 39.2 Å². The molecule has 19 heavy (non-hydrogen) atoms. The van der Waals surface area contributed by atoms with Gasteiger partial charge in [0, 0.05) is 11.7 Å². The van der Waals surface area contributed by atoms with Crippen molar-refractivity contribution in [3.05, 3.63) is 17.7 Å². The van der Waals surface area contributed by atoms with E-state index in [4.69, 9.17) is 5.73 Å². The lowest BCUT2D eigenvalue weighted by atomic mass is 9.97. The minimum Gasteiger partial charge on any atom is -0.397 e. The Bertz CT molecular complexity index is 526. The van der Waals surface area contributed by atoms with Crippen molar-refractivity contribution in [2.24, 2.45) is 11.8 Å². The molecule has 1 aromatic rings. The summed E-state index contributed by atoms with van der Waals surface area (Å²) in [4.78, 5) is 11.4. The van der Waals surface area contributed by atoms with Crippen LogP contribution in [-0.2, 0) is 11.2 Å². The van der Waals surface area contributed by atoms with E-state index in [0.29, 0.717) is 18.4 Å². The van der Waals surface area contributed by atoms with Crippen molar-refractivity contribution in [1.29, 1.82) is 0 Å². The zero-order valence-electron chi connectivity index (χ0n) is 11.5. The highest BCUT2D eigenvalue weighted by Crippen LogP contribution is 2.37. The molecule has 0 saturated heterocycles. The molecule has 4 heteroatoms. The lowest BCUT2D eigenvalue weighted by Crippen LogP contribution is -2.24. The molecule has 0 spiro atoms. The number of carbonyl (C=O) groups excluding carboxylic acids is 1. The molecule has 1 heterocycles. The van der Waals surface area contributed by atoms with E-state index in [1.54, 1.807) is 0 Å². The number of hydrogen-bond acceptors (Lipinski definition) is 3. The first-order valence-corrected chi connectivity index (χ1v) is 7.03. The van der Waals surface area contributed by atoms with Gasteiger partial charge in [-0.05, 0) is 42.4 Å². The second kappa shape index (κ2) is 4.44. The van der Waals surface area contributed by atoms with Gasteiger partial charge in [-0.25, -0.2) is 0 Å². The minimum absolute atomic E-state index is 0.0504. The molecule has 2 aliphatic rings. The number of nitrogen functional groups attached to an aromatic ring is 1. The molecule has 3 rings (SSSR count). The third-order valence-corrected chi connectivity index (χ3v) is 4.71. The standard InChI is InChI=1S/C15H21N3O/c1-8-3-4-12(9(8)2)17-14-7-13-10(5-11(14)16)6-15(19)18-13/h5,7-9,12,17H,3-4,6,16H2,1-2H3,(H,18,19). The summed E-state index contributed by atoms with van der Waals surface area (Å²) in [7, 11) is 0. The van der Waals surface area contributed by atoms with E-state index in [1.807, 2.05) is 12.1 Å². The average Bonchev–Trinajstić information content (AvgIpc) is 2.85. The number of hydrogen-bond donors (Lipinski definition) is 3. The topological polar surface area (TPSA) is 67.1 Å². The molecule has 3 atom stereocenters. The van der Waals surface area contributed by atoms with Crippen LogP contribution in [0.25, 0.3) is 0 Å². The first kappa shape index (κ1) is 12.3. The van der Waals surface area contributed by atoms with Gasteiger partial charge in [0.15, 0.2) is 0 Å². The molecule has 102 valence electrons. The number of fused-ring (bicyclic) bond motifs is 1. The van der Waals surface area contributed by atoms with Crippen LogP contribution in [0.5, 0.6) is 0 Å². The largest absolute Gasteiger partial charge is 0.397 e. The van der Waals surface area contributed by atoms with Crippen LogP contribution in [0.2, 0.25) is 0 Å². The predicted octanol–water partition coefficient (Wildman–Crippen LogP) is 2.61. The zero-order chi connectivity index (χ0) is 13.6. The fourth-order valence-electron chi connectivity index (χ4n) is 3.19. The molecule has 1 aliphatic carbocycles. The summed E-state index contributed by atoms with van der Waals surface area (Å²) < 4.78 is 0. The monoisotopic (exact) mass is 259 g/mol. The Morgan fingerprint density at radius 2 is 2.11 bits per heavy atom. The molecule has 1 aromatic carbocycles. The van der Waals surface area contributed by atoms with Crippen LogP contribution in [0.1, 0.15) is 32.3 Å². The SMILES string of the molecule is CC1CCC(Nc2cc3c(cc2N)CC(=O)N3)C1C. The van der Waals surface area contributed by atoms with Crippen LogP contribution >= 0.6 is 0 Å². The van der Waals surface area contributed by atoms with Crippen molar-refractivity contribution in [3.8, 4) is 0 Å². The maximum atomic E-state index is 11.4. The van der Waals surface area contributed by atoms with Gasteiger partial charge >= 0.3 is 0 Å². The van der Waals surface area contributed by atoms with Gasteiger partial charge in [0.25, 0.3) is 0 Å². The van der Waals surface area contributed by atoms with Gasteiger partial charge in [0.2, 0.25) is 5.91 Å². The molecular weight excluding hydrogens is 238 g/mol. The van der Waals surface area contributed by atoms with E-state index in [1.165, 1.54) is 12.8 Å². The number of nitrogens with two attached hydrogens (primary N) is 1. The fourth-order valence-corrected chi connectivity index (χ4v) is 3.19. The molecule has 1 aliphatic heterocycles. The second-order valence-electron chi connectivity index (χ2n) is 5.99. The molecule has 0 bridgehead atoms. The van der Waals surface area contributed by atoms with E-state index in [9.17, 15) is 4.79 Å². The van der Waals surface area contributed by atoms with Crippen LogP contribution in [0.3, 0.4) is 0 Å². The normalized spacial score (nSPS) is 29.2. The Kier molecular flexibility index (Phi) is 2.88. The summed E-state index contributed by atoms with van der Waals surface area (Å²) in [6.07, 6.45) is 2.89. The molecule has 1 amide bonds. The first-order chi connectivity index (χ1) is 9.04. The summed E-state index contributed by atoms with van der Waals surface area (Å²) in [6, 6.07) is 4.37.